The molecule has 0 amide bonds. The van der Waals surface area contributed by atoms with Crippen LogP contribution in [0.25, 0.3) is 10.9 Å². The van der Waals surface area contributed by atoms with E-state index in [4.69, 9.17) is 16.3 Å². The molecule has 3 heterocycles. The van der Waals surface area contributed by atoms with Gasteiger partial charge in [0.2, 0.25) is 0 Å². The lowest BCUT2D eigenvalue weighted by atomic mass is 9.71. The number of aliphatic carboxylic acids is 1. The number of ether oxygens (including phenoxy) is 1. The predicted molar refractivity (Wildman–Crippen MR) is 145 cm³/mol. The number of pyridine rings is 1. The average molecular weight is 545 g/mol. The summed E-state index contributed by atoms with van der Waals surface area (Å²) in [5, 5.41) is 23.0. The maximum Gasteiger partial charge on any atom is 0.303 e. The number of hydrogen-bond donors (Lipinski definition) is 2. The van der Waals surface area contributed by atoms with Gasteiger partial charge in [-0.15, -0.1) is 11.8 Å². The molecule has 1 fully saturated rings. The highest BCUT2D eigenvalue weighted by atomic mass is 35.5. The van der Waals surface area contributed by atoms with Gasteiger partial charge in [-0.3, -0.25) is 14.8 Å². The number of nitrogens with zero attached hydrogens (tertiary/aromatic N) is 4. The predicted octanol–water partition coefficient (Wildman–Crippen LogP) is 5.24. The number of likely N-dealkylation sites (tertiary alicyclic amines) is 1. The van der Waals surface area contributed by atoms with Crippen LogP contribution in [0.5, 0.6) is 5.75 Å². The van der Waals surface area contributed by atoms with E-state index in [1.54, 1.807) is 43.7 Å². The van der Waals surface area contributed by atoms with Crippen LogP contribution in [-0.2, 0) is 4.79 Å². The number of aliphatic hydroxyl groups excluding tert-OH is 1. The van der Waals surface area contributed by atoms with Crippen molar-refractivity contribution in [2.45, 2.75) is 49.7 Å². The first-order valence-corrected chi connectivity index (χ1v) is 13.9. The number of piperidine rings is 1. The van der Waals surface area contributed by atoms with Crippen LogP contribution < -0.4 is 4.74 Å². The lowest BCUT2D eigenvalue weighted by Crippen LogP contribution is -2.41. The first-order valence-electron chi connectivity index (χ1n) is 12.5. The van der Waals surface area contributed by atoms with E-state index in [1.807, 2.05) is 18.2 Å². The Bertz CT molecular complexity index is 1190. The summed E-state index contributed by atoms with van der Waals surface area (Å²) in [7, 11) is 1.59. The molecule has 0 aliphatic carbocycles. The van der Waals surface area contributed by atoms with Gasteiger partial charge in [0, 0.05) is 35.3 Å². The molecule has 1 atom stereocenters. The fourth-order valence-corrected chi connectivity index (χ4v) is 6.16. The number of halogens is 1. The van der Waals surface area contributed by atoms with Crippen LogP contribution in [-0.4, -0.2) is 68.5 Å². The Morgan fingerprint density at radius 1 is 1.24 bits per heavy atom. The second kappa shape index (κ2) is 12.9. The Morgan fingerprint density at radius 3 is 2.76 bits per heavy atom. The highest BCUT2D eigenvalue weighted by molar-refractivity contribution is 7.99. The molecule has 1 aromatic carbocycles. The molecule has 1 aliphatic rings. The standard InChI is InChI=1S/C27H33ClN4O4S/c1-36-19-3-4-22-20(15-19)26(21(28)17-31-22)23(33)5-6-27(16-25(34)35)7-12-32(13-8-27)11-2-14-37-24-18-29-9-10-30-24/h3-4,9-10,15,17-18,23,33H,2,5-8,11-14,16H2,1H3,(H,34,35). The van der Waals surface area contributed by atoms with Gasteiger partial charge in [-0.05, 0) is 75.4 Å². The molecule has 3 aromatic rings. The molecule has 1 unspecified atom stereocenters. The summed E-state index contributed by atoms with van der Waals surface area (Å²) in [5.74, 6) is 0.836. The lowest BCUT2D eigenvalue weighted by molar-refractivity contribution is -0.141. The van der Waals surface area contributed by atoms with Gasteiger partial charge >= 0.3 is 5.97 Å². The van der Waals surface area contributed by atoms with Crippen LogP contribution in [0, 0.1) is 5.41 Å². The van der Waals surface area contributed by atoms with Gasteiger partial charge in [0.05, 0.1) is 36.4 Å². The number of fused-ring (bicyclic) bond motifs is 1. The quantitative estimate of drug-likeness (QED) is 0.234. The molecule has 4 rings (SSSR count). The number of carboxylic acids is 1. The Morgan fingerprint density at radius 2 is 2.05 bits per heavy atom. The Hall–Kier alpha value is -2.46. The molecule has 8 nitrogen and oxygen atoms in total. The van der Waals surface area contributed by atoms with Crippen LogP contribution >= 0.6 is 23.4 Å². The normalized spacial score (nSPS) is 16.5. The van der Waals surface area contributed by atoms with E-state index < -0.39 is 12.1 Å². The summed E-state index contributed by atoms with van der Waals surface area (Å²) in [4.78, 5) is 26.9. The summed E-state index contributed by atoms with van der Waals surface area (Å²) in [6.45, 7) is 2.68. The second-order valence-corrected chi connectivity index (χ2v) is 11.1. The second-order valence-electron chi connectivity index (χ2n) is 9.62. The average Bonchev–Trinajstić information content (AvgIpc) is 2.90. The fraction of sp³-hybridized carbons (Fsp3) is 0.481. The molecule has 0 radical (unpaired) electrons. The summed E-state index contributed by atoms with van der Waals surface area (Å²) in [6.07, 6.45) is 9.65. The molecule has 0 spiro atoms. The van der Waals surface area contributed by atoms with Crippen molar-refractivity contribution in [3.8, 4) is 5.75 Å². The van der Waals surface area contributed by atoms with Crippen molar-refractivity contribution in [2.75, 3.05) is 32.5 Å². The summed E-state index contributed by atoms with van der Waals surface area (Å²) >= 11 is 8.18. The maximum absolute atomic E-state index is 11.8. The number of thioether (sulfide) groups is 1. The van der Waals surface area contributed by atoms with Crippen LogP contribution in [0.4, 0.5) is 0 Å². The van der Waals surface area contributed by atoms with E-state index in [-0.39, 0.29) is 11.8 Å². The first kappa shape index (κ1) is 27.6. The molecule has 10 heteroatoms. The van der Waals surface area contributed by atoms with Gasteiger partial charge in [0.25, 0.3) is 0 Å². The van der Waals surface area contributed by atoms with Gasteiger partial charge in [-0.25, -0.2) is 4.98 Å². The number of rotatable bonds is 12. The minimum Gasteiger partial charge on any atom is -0.497 e. The van der Waals surface area contributed by atoms with E-state index >= 15 is 0 Å². The third-order valence-corrected chi connectivity index (χ3v) is 8.50. The monoisotopic (exact) mass is 544 g/mol. The summed E-state index contributed by atoms with van der Waals surface area (Å²) in [5.41, 5.74) is 1.00. The number of hydrogen-bond acceptors (Lipinski definition) is 8. The van der Waals surface area contributed by atoms with Crippen molar-refractivity contribution in [1.29, 1.82) is 0 Å². The maximum atomic E-state index is 11.8. The van der Waals surface area contributed by atoms with Crippen molar-refractivity contribution in [3.05, 3.63) is 53.6 Å². The molecule has 37 heavy (non-hydrogen) atoms. The van der Waals surface area contributed by atoms with E-state index in [1.165, 1.54) is 0 Å². The van der Waals surface area contributed by atoms with E-state index in [2.05, 4.69) is 19.9 Å². The molecule has 2 N–H and O–H groups in total. The highest BCUT2D eigenvalue weighted by Crippen LogP contribution is 2.43. The molecule has 0 saturated carbocycles. The molecule has 1 saturated heterocycles. The van der Waals surface area contributed by atoms with E-state index in [0.717, 1.165) is 60.6 Å². The molecule has 2 aromatic heterocycles. The third-order valence-electron chi connectivity index (χ3n) is 7.20. The van der Waals surface area contributed by atoms with Crippen molar-refractivity contribution in [3.63, 3.8) is 0 Å². The number of methoxy groups -OCH3 is 1. The van der Waals surface area contributed by atoms with E-state index in [0.29, 0.717) is 29.2 Å². The Balaban J connectivity index is 1.35. The van der Waals surface area contributed by atoms with Crippen molar-refractivity contribution >= 4 is 40.2 Å². The topological polar surface area (TPSA) is 109 Å². The van der Waals surface area contributed by atoms with Crippen molar-refractivity contribution in [2.24, 2.45) is 5.41 Å². The fourth-order valence-electron chi connectivity index (χ4n) is 5.13. The number of carboxylic acid groups (broad SMARTS) is 1. The molecule has 198 valence electrons. The first-order chi connectivity index (χ1) is 17.9. The van der Waals surface area contributed by atoms with Crippen molar-refractivity contribution < 1.29 is 19.7 Å². The van der Waals surface area contributed by atoms with Crippen LogP contribution in [0.15, 0.2) is 48.0 Å². The molecule has 0 bridgehead atoms. The highest BCUT2D eigenvalue weighted by Gasteiger charge is 2.37. The molecular formula is C27H33ClN4O4S. The van der Waals surface area contributed by atoms with Gasteiger partial charge in [-0.1, -0.05) is 11.6 Å². The lowest BCUT2D eigenvalue weighted by Gasteiger charge is -2.41. The smallest absolute Gasteiger partial charge is 0.303 e. The Labute approximate surface area is 226 Å². The zero-order valence-electron chi connectivity index (χ0n) is 21.0. The van der Waals surface area contributed by atoms with E-state index in [9.17, 15) is 15.0 Å². The SMILES string of the molecule is COc1ccc2ncc(Cl)c(C(O)CCC3(CC(=O)O)CCN(CCCSc4cnccn4)CC3)c2c1. The van der Waals surface area contributed by atoms with Crippen LogP contribution in [0.3, 0.4) is 0 Å². The summed E-state index contributed by atoms with van der Waals surface area (Å²) < 4.78 is 5.35. The number of carbonyl (C=O) groups is 1. The minimum absolute atomic E-state index is 0.106. The minimum atomic E-state index is -0.827. The molecular weight excluding hydrogens is 512 g/mol. The number of aromatic nitrogens is 3. The van der Waals surface area contributed by atoms with Crippen molar-refractivity contribution in [1.82, 2.24) is 19.9 Å². The van der Waals surface area contributed by atoms with Gasteiger partial charge < -0.3 is 19.8 Å². The van der Waals surface area contributed by atoms with Gasteiger partial charge in [0.15, 0.2) is 0 Å². The largest absolute Gasteiger partial charge is 0.497 e. The molecule has 1 aliphatic heterocycles. The Kier molecular flexibility index (Phi) is 9.59. The third kappa shape index (κ3) is 7.31. The van der Waals surface area contributed by atoms with Crippen LogP contribution in [0.2, 0.25) is 5.02 Å². The van der Waals surface area contributed by atoms with Crippen LogP contribution in [0.1, 0.15) is 50.2 Å². The zero-order valence-corrected chi connectivity index (χ0v) is 22.5. The summed E-state index contributed by atoms with van der Waals surface area (Å²) in [6, 6.07) is 5.50. The number of aliphatic hydroxyl groups is 1. The zero-order chi connectivity index (χ0) is 26.3. The number of benzene rings is 1. The van der Waals surface area contributed by atoms with Gasteiger partial charge in [-0.2, -0.15) is 0 Å². The van der Waals surface area contributed by atoms with Gasteiger partial charge in [0.1, 0.15) is 10.8 Å².